The Hall–Kier alpha value is -2.18. The molecule has 6 heteroatoms. The van der Waals surface area contributed by atoms with Gasteiger partial charge in [0.1, 0.15) is 0 Å². The van der Waals surface area contributed by atoms with Crippen LogP contribution >= 0.6 is 0 Å². The zero-order chi connectivity index (χ0) is 16.9. The third kappa shape index (κ3) is 4.21. The molecule has 1 aromatic carbocycles. The molecule has 1 aliphatic rings. The number of aromatic nitrogens is 2. The highest BCUT2D eigenvalue weighted by Crippen LogP contribution is 2.16. The molecule has 0 unspecified atom stereocenters. The third-order valence-electron chi connectivity index (χ3n) is 4.48. The molecule has 0 saturated carbocycles. The van der Waals surface area contributed by atoms with Gasteiger partial charge >= 0.3 is 0 Å². The van der Waals surface area contributed by atoms with Crippen molar-refractivity contribution in [1.29, 1.82) is 0 Å². The lowest BCUT2D eigenvalue weighted by Gasteiger charge is -2.30. The smallest absolute Gasteiger partial charge is 0.254 e. The van der Waals surface area contributed by atoms with Crippen molar-refractivity contribution in [2.45, 2.75) is 32.0 Å². The van der Waals surface area contributed by atoms with Crippen molar-refractivity contribution < 1.29 is 9.90 Å². The van der Waals surface area contributed by atoms with Crippen LogP contribution < -0.4 is 5.32 Å². The summed E-state index contributed by atoms with van der Waals surface area (Å²) in [5, 5.41) is 16.6. The van der Waals surface area contributed by atoms with E-state index < -0.39 is 0 Å². The molecule has 0 spiro atoms. The average molecular weight is 328 g/mol. The first kappa shape index (κ1) is 16.7. The Balaban J connectivity index is 1.60. The fraction of sp³-hybridized carbons (Fsp3) is 0.444. The molecule has 24 heavy (non-hydrogen) atoms. The van der Waals surface area contributed by atoms with Crippen LogP contribution in [-0.4, -0.2) is 44.9 Å². The fourth-order valence-electron chi connectivity index (χ4n) is 3.02. The van der Waals surface area contributed by atoms with Gasteiger partial charge in [0.05, 0.1) is 17.9 Å². The summed E-state index contributed by atoms with van der Waals surface area (Å²) in [6, 6.07) is 8.18. The van der Waals surface area contributed by atoms with Gasteiger partial charge in [0.25, 0.3) is 5.91 Å². The zero-order valence-electron chi connectivity index (χ0n) is 14.0. The second kappa shape index (κ2) is 7.59. The monoisotopic (exact) mass is 328 g/mol. The molecule has 128 valence electrons. The minimum atomic E-state index is -0.157. The molecule has 1 amide bonds. The summed E-state index contributed by atoms with van der Waals surface area (Å²) in [6.45, 7) is 3.18. The van der Waals surface area contributed by atoms with Crippen LogP contribution in [0, 0.1) is 0 Å². The van der Waals surface area contributed by atoms with Gasteiger partial charge in [0.2, 0.25) is 0 Å². The van der Waals surface area contributed by atoms with Gasteiger partial charge in [-0.05, 0) is 24.0 Å². The van der Waals surface area contributed by atoms with Crippen LogP contribution in [-0.2, 0) is 20.1 Å². The number of aliphatic hydroxyl groups excluding tert-OH is 1. The first-order valence-electron chi connectivity index (χ1n) is 8.36. The SMILES string of the molecule is Cn1cc(C(=O)NCc2ccccc2CN2CCC(O)CC2)cn1. The number of piperidine rings is 1. The number of rotatable bonds is 5. The Morgan fingerprint density at radius 2 is 2.00 bits per heavy atom. The molecule has 2 aromatic rings. The van der Waals surface area contributed by atoms with E-state index in [0.717, 1.165) is 38.0 Å². The normalized spacial score (nSPS) is 16.2. The molecule has 1 fully saturated rings. The van der Waals surface area contributed by atoms with Gasteiger partial charge in [0, 0.05) is 39.4 Å². The van der Waals surface area contributed by atoms with Crippen LogP contribution in [0.4, 0.5) is 0 Å². The summed E-state index contributed by atoms with van der Waals surface area (Å²) in [7, 11) is 1.79. The van der Waals surface area contributed by atoms with E-state index in [1.165, 1.54) is 5.56 Å². The largest absolute Gasteiger partial charge is 0.393 e. The average Bonchev–Trinajstić information content (AvgIpc) is 3.02. The number of amides is 1. The predicted octanol–water partition coefficient (Wildman–Crippen LogP) is 1.31. The molecule has 0 atom stereocenters. The first-order valence-corrected chi connectivity index (χ1v) is 8.36. The Labute approximate surface area is 142 Å². The van der Waals surface area contributed by atoms with Crippen LogP contribution in [0.3, 0.4) is 0 Å². The number of hydrogen-bond donors (Lipinski definition) is 2. The van der Waals surface area contributed by atoms with Gasteiger partial charge in [-0.3, -0.25) is 14.4 Å². The Morgan fingerprint density at radius 3 is 2.67 bits per heavy atom. The molecule has 1 aliphatic heterocycles. The van der Waals surface area contributed by atoms with Gasteiger partial charge in [0.15, 0.2) is 0 Å². The van der Waals surface area contributed by atoms with Crippen molar-refractivity contribution in [2.24, 2.45) is 7.05 Å². The minimum absolute atomic E-state index is 0.112. The summed E-state index contributed by atoms with van der Waals surface area (Å²) < 4.78 is 1.62. The summed E-state index contributed by atoms with van der Waals surface area (Å²) >= 11 is 0. The van der Waals surface area contributed by atoms with Gasteiger partial charge in [-0.2, -0.15) is 5.10 Å². The van der Waals surface area contributed by atoms with Gasteiger partial charge in [-0.25, -0.2) is 0 Å². The molecular weight excluding hydrogens is 304 g/mol. The number of carbonyl (C=O) groups is 1. The summed E-state index contributed by atoms with van der Waals surface area (Å²) in [4.78, 5) is 14.5. The van der Waals surface area contributed by atoms with Crippen molar-refractivity contribution in [3.05, 3.63) is 53.3 Å². The van der Waals surface area contributed by atoms with E-state index >= 15 is 0 Å². The fourth-order valence-corrected chi connectivity index (χ4v) is 3.02. The van der Waals surface area contributed by atoms with Crippen molar-refractivity contribution in [3.63, 3.8) is 0 Å². The maximum Gasteiger partial charge on any atom is 0.254 e. The molecule has 3 rings (SSSR count). The van der Waals surface area contributed by atoms with E-state index in [1.54, 1.807) is 24.1 Å². The van der Waals surface area contributed by atoms with Crippen LogP contribution in [0.15, 0.2) is 36.7 Å². The second-order valence-corrected chi connectivity index (χ2v) is 6.36. The predicted molar refractivity (Wildman–Crippen MR) is 91.3 cm³/mol. The molecule has 6 nitrogen and oxygen atoms in total. The van der Waals surface area contributed by atoms with Gasteiger partial charge < -0.3 is 10.4 Å². The van der Waals surface area contributed by atoms with Crippen molar-refractivity contribution in [3.8, 4) is 0 Å². The molecule has 0 aliphatic carbocycles. The lowest BCUT2D eigenvalue weighted by Crippen LogP contribution is -2.35. The lowest BCUT2D eigenvalue weighted by atomic mass is 10.0. The number of hydrogen-bond acceptors (Lipinski definition) is 4. The van der Waals surface area contributed by atoms with Crippen LogP contribution in [0.5, 0.6) is 0 Å². The maximum absolute atomic E-state index is 12.2. The number of benzene rings is 1. The van der Waals surface area contributed by atoms with Crippen LogP contribution in [0.25, 0.3) is 0 Å². The third-order valence-corrected chi connectivity index (χ3v) is 4.48. The molecule has 0 bridgehead atoms. The van der Waals surface area contributed by atoms with Crippen LogP contribution in [0.2, 0.25) is 0 Å². The van der Waals surface area contributed by atoms with Gasteiger partial charge in [-0.1, -0.05) is 24.3 Å². The summed E-state index contributed by atoms with van der Waals surface area (Å²) in [5.41, 5.74) is 2.92. The molecule has 2 heterocycles. The topological polar surface area (TPSA) is 70.4 Å². The van der Waals surface area contributed by atoms with E-state index in [0.29, 0.717) is 12.1 Å². The maximum atomic E-state index is 12.2. The molecular formula is C18H24N4O2. The standard InChI is InChI=1S/C18H24N4O2/c1-21-12-16(11-20-21)18(24)19-10-14-4-2-3-5-15(14)13-22-8-6-17(23)7-9-22/h2-5,11-12,17,23H,6-10,13H2,1H3,(H,19,24). The molecule has 1 aromatic heterocycles. The number of nitrogens with zero attached hydrogens (tertiary/aromatic N) is 3. The summed E-state index contributed by atoms with van der Waals surface area (Å²) in [6.07, 6.45) is 4.79. The van der Waals surface area contributed by atoms with E-state index in [9.17, 15) is 9.90 Å². The highest BCUT2D eigenvalue weighted by molar-refractivity contribution is 5.93. The molecule has 1 saturated heterocycles. The Bertz CT molecular complexity index is 690. The number of nitrogens with one attached hydrogen (secondary N) is 1. The number of aryl methyl sites for hydroxylation is 1. The number of likely N-dealkylation sites (tertiary alicyclic amines) is 1. The molecule has 0 radical (unpaired) electrons. The van der Waals surface area contributed by atoms with E-state index in [4.69, 9.17) is 0 Å². The highest BCUT2D eigenvalue weighted by atomic mass is 16.3. The second-order valence-electron chi connectivity index (χ2n) is 6.36. The lowest BCUT2D eigenvalue weighted by molar-refractivity contribution is 0.0790. The van der Waals surface area contributed by atoms with Gasteiger partial charge in [-0.15, -0.1) is 0 Å². The van der Waals surface area contributed by atoms with Crippen molar-refractivity contribution in [1.82, 2.24) is 20.0 Å². The number of carbonyl (C=O) groups excluding carboxylic acids is 1. The Kier molecular flexibility index (Phi) is 5.27. The van der Waals surface area contributed by atoms with E-state index in [-0.39, 0.29) is 12.0 Å². The summed E-state index contributed by atoms with van der Waals surface area (Å²) in [5.74, 6) is -0.112. The molecule has 2 N–H and O–H groups in total. The Morgan fingerprint density at radius 1 is 1.29 bits per heavy atom. The van der Waals surface area contributed by atoms with E-state index in [2.05, 4.69) is 27.4 Å². The number of aliphatic hydroxyl groups is 1. The van der Waals surface area contributed by atoms with Crippen LogP contribution in [0.1, 0.15) is 34.3 Å². The van der Waals surface area contributed by atoms with E-state index in [1.807, 2.05) is 12.1 Å². The zero-order valence-corrected chi connectivity index (χ0v) is 14.0. The quantitative estimate of drug-likeness (QED) is 0.868. The van der Waals surface area contributed by atoms with Crippen molar-refractivity contribution >= 4 is 5.91 Å². The van der Waals surface area contributed by atoms with Crippen molar-refractivity contribution in [2.75, 3.05) is 13.1 Å². The highest BCUT2D eigenvalue weighted by Gasteiger charge is 2.18. The minimum Gasteiger partial charge on any atom is -0.393 e. The first-order chi connectivity index (χ1) is 11.6.